The zero-order chi connectivity index (χ0) is 15.2. The van der Waals surface area contributed by atoms with E-state index in [1.54, 1.807) is 19.1 Å². The van der Waals surface area contributed by atoms with Crippen molar-refractivity contribution in [1.82, 2.24) is 5.32 Å². The second-order valence-corrected chi connectivity index (χ2v) is 5.01. The molecule has 21 heavy (non-hydrogen) atoms. The first-order valence-corrected chi connectivity index (χ1v) is 6.82. The number of aliphatic hydroxyl groups excluding tert-OH is 1. The molecule has 0 aromatic heterocycles. The first-order chi connectivity index (χ1) is 10.1. The molecule has 0 spiro atoms. The van der Waals surface area contributed by atoms with E-state index in [1.807, 2.05) is 30.3 Å². The fourth-order valence-corrected chi connectivity index (χ4v) is 2.06. The molecular weight excluding hydrogens is 269 g/mol. The van der Waals surface area contributed by atoms with Gasteiger partial charge in [0.05, 0.1) is 12.6 Å². The number of aliphatic hydroxyl groups is 1. The van der Waals surface area contributed by atoms with Gasteiger partial charge in [-0.25, -0.2) is 4.39 Å². The number of nitrogens with one attached hydrogen (secondary N) is 1. The summed E-state index contributed by atoms with van der Waals surface area (Å²) in [5.74, 6) is -0.796. The molecule has 2 rings (SSSR count). The van der Waals surface area contributed by atoms with E-state index >= 15 is 0 Å². The van der Waals surface area contributed by atoms with Gasteiger partial charge in [-0.05, 0) is 36.6 Å². The van der Waals surface area contributed by atoms with Crippen molar-refractivity contribution in [2.45, 2.75) is 19.4 Å². The first kappa shape index (κ1) is 15.2. The SMILES string of the molecule is Cc1ccc(C(=O)NC(CO)Cc2ccccc2)cc1F. The second kappa shape index (κ2) is 6.99. The average molecular weight is 287 g/mol. The van der Waals surface area contributed by atoms with Crippen LogP contribution in [0.3, 0.4) is 0 Å². The van der Waals surface area contributed by atoms with Crippen molar-refractivity contribution in [2.75, 3.05) is 6.61 Å². The molecule has 1 atom stereocenters. The summed E-state index contributed by atoms with van der Waals surface area (Å²) in [6.45, 7) is 1.47. The highest BCUT2D eigenvalue weighted by Crippen LogP contribution is 2.10. The van der Waals surface area contributed by atoms with Crippen LogP contribution in [-0.2, 0) is 6.42 Å². The van der Waals surface area contributed by atoms with Crippen LogP contribution >= 0.6 is 0 Å². The van der Waals surface area contributed by atoms with Crippen LogP contribution in [0, 0.1) is 12.7 Å². The molecule has 1 unspecified atom stereocenters. The fourth-order valence-electron chi connectivity index (χ4n) is 2.06. The third-order valence-corrected chi connectivity index (χ3v) is 3.31. The lowest BCUT2D eigenvalue weighted by molar-refractivity contribution is 0.0916. The smallest absolute Gasteiger partial charge is 0.251 e. The van der Waals surface area contributed by atoms with Crippen molar-refractivity contribution in [3.63, 3.8) is 0 Å². The molecule has 3 nitrogen and oxygen atoms in total. The number of hydrogen-bond acceptors (Lipinski definition) is 2. The van der Waals surface area contributed by atoms with Gasteiger partial charge in [0, 0.05) is 5.56 Å². The maximum absolute atomic E-state index is 13.5. The number of rotatable bonds is 5. The zero-order valence-electron chi connectivity index (χ0n) is 11.8. The minimum atomic E-state index is -0.411. The number of amides is 1. The summed E-state index contributed by atoms with van der Waals surface area (Å²) in [4.78, 5) is 12.1. The van der Waals surface area contributed by atoms with Crippen molar-refractivity contribution in [3.8, 4) is 0 Å². The lowest BCUT2D eigenvalue weighted by Gasteiger charge is -2.16. The van der Waals surface area contributed by atoms with Gasteiger partial charge in [0.25, 0.3) is 5.91 Å². The molecule has 1 amide bonds. The largest absolute Gasteiger partial charge is 0.394 e. The highest BCUT2D eigenvalue weighted by Gasteiger charge is 2.14. The molecule has 0 saturated heterocycles. The maximum atomic E-state index is 13.5. The topological polar surface area (TPSA) is 49.3 Å². The monoisotopic (exact) mass is 287 g/mol. The Labute approximate surface area is 123 Å². The van der Waals surface area contributed by atoms with E-state index < -0.39 is 11.9 Å². The van der Waals surface area contributed by atoms with Crippen molar-refractivity contribution in [1.29, 1.82) is 0 Å². The Hall–Kier alpha value is -2.20. The van der Waals surface area contributed by atoms with E-state index in [2.05, 4.69) is 5.32 Å². The molecule has 0 fully saturated rings. The summed E-state index contributed by atoms with van der Waals surface area (Å²) in [5.41, 5.74) is 1.77. The average Bonchev–Trinajstić information content (AvgIpc) is 2.50. The van der Waals surface area contributed by atoms with Crippen molar-refractivity contribution >= 4 is 5.91 Å². The molecule has 110 valence electrons. The minimum absolute atomic E-state index is 0.172. The maximum Gasteiger partial charge on any atom is 0.251 e. The minimum Gasteiger partial charge on any atom is -0.394 e. The Kier molecular flexibility index (Phi) is 5.06. The van der Waals surface area contributed by atoms with Crippen LogP contribution < -0.4 is 5.32 Å². The summed E-state index contributed by atoms with van der Waals surface area (Å²) in [5, 5.41) is 12.1. The molecule has 2 aromatic carbocycles. The third kappa shape index (κ3) is 4.13. The Morgan fingerprint density at radius 1 is 1.24 bits per heavy atom. The Morgan fingerprint density at radius 2 is 1.95 bits per heavy atom. The molecule has 0 aliphatic rings. The second-order valence-electron chi connectivity index (χ2n) is 5.01. The lowest BCUT2D eigenvalue weighted by atomic mass is 10.1. The molecule has 0 saturated carbocycles. The van der Waals surface area contributed by atoms with Crippen LogP contribution in [0.2, 0.25) is 0 Å². The van der Waals surface area contributed by atoms with Gasteiger partial charge in [-0.3, -0.25) is 4.79 Å². The van der Waals surface area contributed by atoms with Crippen LogP contribution in [0.4, 0.5) is 4.39 Å². The normalized spacial score (nSPS) is 12.0. The number of aryl methyl sites for hydroxylation is 1. The Balaban J connectivity index is 2.04. The van der Waals surface area contributed by atoms with Gasteiger partial charge >= 0.3 is 0 Å². The van der Waals surface area contributed by atoms with Crippen LogP contribution in [0.1, 0.15) is 21.5 Å². The van der Waals surface area contributed by atoms with Gasteiger partial charge in [-0.1, -0.05) is 36.4 Å². The van der Waals surface area contributed by atoms with Gasteiger partial charge in [0.15, 0.2) is 0 Å². The lowest BCUT2D eigenvalue weighted by Crippen LogP contribution is -2.39. The van der Waals surface area contributed by atoms with Crippen LogP contribution in [0.25, 0.3) is 0 Å². The van der Waals surface area contributed by atoms with Gasteiger partial charge < -0.3 is 10.4 Å². The predicted molar refractivity (Wildman–Crippen MR) is 79.6 cm³/mol. The van der Waals surface area contributed by atoms with Crippen LogP contribution in [-0.4, -0.2) is 23.7 Å². The van der Waals surface area contributed by atoms with Crippen LogP contribution in [0.5, 0.6) is 0 Å². The predicted octanol–water partition coefficient (Wildman–Crippen LogP) is 2.47. The summed E-state index contributed by atoms with van der Waals surface area (Å²) < 4.78 is 13.5. The Morgan fingerprint density at radius 3 is 2.57 bits per heavy atom. The molecule has 2 N–H and O–H groups in total. The van der Waals surface area contributed by atoms with E-state index in [0.717, 1.165) is 5.56 Å². The summed E-state index contributed by atoms with van der Waals surface area (Å²) >= 11 is 0. The molecule has 2 aromatic rings. The fraction of sp³-hybridized carbons (Fsp3) is 0.235. The zero-order valence-corrected chi connectivity index (χ0v) is 11.8. The first-order valence-electron chi connectivity index (χ1n) is 6.82. The van der Waals surface area contributed by atoms with Gasteiger partial charge in [-0.15, -0.1) is 0 Å². The standard InChI is InChI=1S/C17H18FNO2/c1-12-7-8-14(10-16(12)18)17(21)19-15(11-20)9-13-5-3-2-4-6-13/h2-8,10,15,20H,9,11H2,1H3,(H,19,21). The van der Waals surface area contributed by atoms with Gasteiger partial charge in [-0.2, -0.15) is 0 Å². The summed E-state index contributed by atoms with van der Waals surface area (Å²) in [6, 6.07) is 13.5. The van der Waals surface area contributed by atoms with E-state index in [0.29, 0.717) is 12.0 Å². The quantitative estimate of drug-likeness (QED) is 0.887. The molecule has 0 aliphatic carbocycles. The molecule has 0 heterocycles. The number of benzene rings is 2. The molecule has 4 heteroatoms. The van der Waals surface area contributed by atoms with Gasteiger partial charge in [0.1, 0.15) is 5.82 Å². The summed E-state index contributed by atoms with van der Waals surface area (Å²) in [7, 11) is 0. The highest BCUT2D eigenvalue weighted by atomic mass is 19.1. The molecule has 0 bridgehead atoms. The Bertz CT molecular complexity index is 613. The van der Waals surface area contributed by atoms with E-state index in [4.69, 9.17) is 0 Å². The van der Waals surface area contributed by atoms with Crippen molar-refractivity contribution < 1.29 is 14.3 Å². The third-order valence-electron chi connectivity index (χ3n) is 3.31. The molecular formula is C17H18FNO2. The van der Waals surface area contributed by atoms with E-state index in [1.165, 1.54) is 6.07 Å². The number of carbonyl (C=O) groups is 1. The molecule has 0 aliphatic heterocycles. The number of halogens is 1. The van der Waals surface area contributed by atoms with E-state index in [9.17, 15) is 14.3 Å². The number of carbonyl (C=O) groups excluding carboxylic acids is 1. The van der Waals surface area contributed by atoms with Crippen molar-refractivity contribution in [2.24, 2.45) is 0 Å². The summed E-state index contributed by atoms with van der Waals surface area (Å²) in [6.07, 6.45) is 0.525. The highest BCUT2D eigenvalue weighted by molar-refractivity contribution is 5.94. The van der Waals surface area contributed by atoms with Crippen LogP contribution in [0.15, 0.2) is 48.5 Å². The van der Waals surface area contributed by atoms with Gasteiger partial charge in [0.2, 0.25) is 0 Å². The molecule has 0 radical (unpaired) electrons. The number of hydrogen-bond donors (Lipinski definition) is 2. The van der Waals surface area contributed by atoms with E-state index in [-0.39, 0.29) is 18.1 Å². The van der Waals surface area contributed by atoms with Crippen molar-refractivity contribution in [3.05, 3.63) is 71.0 Å².